The van der Waals surface area contributed by atoms with Crippen LogP contribution in [0.1, 0.15) is 10.4 Å². The largest absolute Gasteiger partial charge is 0.483 e. The van der Waals surface area contributed by atoms with Gasteiger partial charge in [0.15, 0.2) is 0 Å². The number of carbonyl (C=O) groups is 3. The third-order valence-electron chi connectivity index (χ3n) is 5.19. The second-order valence-electron chi connectivity index (χ2n) is 6.93. The number of aromatic nitrogens is 2. The van der Waals surface area contributed by atoms with Gasteiger partial charge in [-0.25, -0.2) is 4.98 Å². The van der Waals surface area contributed by atoms with E-state index in [0.29, 0.717) is 38.4 Å². The number of carbonyl (C=O) groups excluding carboxylic acids is 2. The van der Waals surface area contributed by atoms with Gasteiger partial charge >= 0.3 is 5.97 Å². The number of nitrogens with one attached hydrogen (secondary N) is 1. The molecule has 4 rings (SSSR count). The molecular formula is C19H24N4O6. The zero-order chi connectivity index (χ0) is 21.0. The van der Waals surface area contributed by atoms with E-state index in [-0.39, 0.29) is 30.2 Å². The van der Waals surface area contributed by atoms with Gasteiger partial charge in [0, 0.05) is 45.3 Å². The average Bonchev–Trinajstić information content (AvgIpc) is 3.37. The Balaban J connectivity index is 0.000000755. The van der Waals surface area contributed by atoms with Crippen LogP contribution in [0.2, 0.25) is 0 Å². The Kier molecular flexibility index (Phi) is 6.32. The number of anilines is 1. The van der Waals surface area contributed by atoms with Crippen molar-refractivity contribution in [2.24, 2.45) is 18.9 Å². The molecule has 2 aliphatic heterocycles. The van der Waals surface area contributed by atoms with Crippen molar-refractivity contribution < 1.29 is 29.0 Å². The highest BCUT2D eigenvalue weighted by molar-refractivity contribution is 5.98. The number of likely N-dealkylation sites (tertiary alicyclic amines) is 1. The fourth-order valence-corrected chi connectivity index (χ4v) is 3.71. The van der Waals surface area contributed by atoms with Crippen molar-refractivity contribution in [1.29, 1.82) is 0 Å². The molecule has 1 amide bonds. The zero-order valence-corrected chi connectivity index (χ0v) is 16.3. The van der Waals surface area contributed by atoms with Gasteiger partial charge in [-0.15, -0.1) is 0 Å². The van der Waals surface area contributed by atoms with Crippen LogP contribution in [-0.4, -0.2) is 77.9 Å². The smallest absolute Gasteiger partial charge is 0.311 e. The third kappa shape index (κ3) is 4.16. The maximum Gasteiger partial charge on any atom is 0.311 e. The summed E-state index contributed by atoms with van der Waals surface area (Å²) in [6.45, 7) is 2.42. The lowest BCUT2D eigenvalue weighted by molar-refractivity contribution is -0.141. The quantitative estimate of drug-likeness (QED) is 0.421. The summed E-state index contributed by atoms with van der Waals surface area (Å²) in [5.74, 6) is 0.446. The highest BCUT2D eigenvalue weighted by Gasteiger charge is 2.45. The lowest BCUT2D eigenvalue weighted by Crippen LogP contribution is -2.30. The van der Waals surface area contributed by atoms with Gasteiger partial charge in [0.25, 0.3) is 12.4 Å². The summed E-state index contributed by atoms with van der Waals surface area (Å²) in [6.07, 6.45) is 0. The number of hydrogen-bond acceptors (Lipinski definition) is 7. The van der Waals surface area contributed by atoms with E-state index in [4.69, 9.17) is 19.4 Å². The molecule has 156 valence electrons. The first-order chi connectivity index (χ1) is 14.0. The summed E-state index contributed by atoms with van der Waals surface area (Å²) in [4.78, 5) is 39.2. The Bertz CT molecular complexity index is 911. The van der Waals surface area contributed by atoms with Crippen LogP contribution in [0.15, 0.2) is 18.2 Å². The van der Waals surface area contributed by atoms with E-state index in [2.05, 4.69) is 10.3 Å². The fraction of sp³-hybridized carbons (Fsp3) is 0.474. The molecule has 29 heavy (non-hydrogen) atoms. The van der Waals surface area contributed by atoms with Crippen LogP contribution in [0.3, 0.4) is 0 Å². The average molecular weight is 404 g/mol. The van der Waals surface area contributed by atoms with Crippen molar-refractivity contribution in [3.63, 3.8) is 0 Å². The van der Waals surface area contributed by atoms with Gasteiger partial charge in [0.1, 0.15) is 0 Å². The molecule has 1 aromatic carbocycles. The zero-order valence-electron chi connectivity index (χ0n) is 16.3. The molecular weight excluding hydrogens is 380 g/mol. The molecule has 0 bridgehead atoms. The molecule has 2 saturated heterocycles. The topological polar surface area (TPSA) is 123 Å². The van der Waals surface area contributed by atoms with E-state index in [1.807, 2.05) is 29.8 Å². The summed E-state index contributed by atoms with van der Waals surface area (Å²) < 4.78 is 12.1. The van der Waals surface area contributed by atoms with Crippen molar-refractivity contribution in [3.8, 4) is 0 Å². The van der Waals surface area contributed by atoms with Crippen molar-refractivity contribution >= 4 is 35.3 Å². The van der Waals surface area contributed by atoms with Gasteiger partial charge in [0.2, 0.25) is 5.95 Å². The molecule has 10 nitrogen and oxygen atoms in total. The monoisotopic (exact) mass is 404 g/mol. The van der Waals surface area contributed by atoms with Crippen LogP contribution < -0.4 is 5.32 Å². The number of fused-ring (bicyclic) bond motifs is 2. The summed E-state index contributed by atoms with van der Waals surface area (Å²) in [6, 6.07) is 5.53. The molecule has 2 atom stereocenters. The van der Waals surface area contributed by atoms with Crippen LogP contribution in [-0.2, 0) is 26.1 Å². The fourth-order valence-electron chi connectivity index (χ4n) is 3.71. The van der Waals surface area contributed by atoms with Gasteiger partial charge in [0.05, 0.1) is 30.2 Å². The van der Waals surface area contributed by atoms with E-state index in [1.54, 1.807) is 12.0 Å². The van der Waals surface area contributed by atoms with Crippen molar-refractivity contribution in [3.05, 3.63) is 23.8 Å². The summed E-state index contributed by atoms with van der Waals surface area (Å²) >= 11 is 0. The number of hydrogen-bond donors (Lipinski definition) is 2. The molecule has 0 radical (unpaired) electrons. The highest BCUT2D eigenvalue weighted by Crippen LogP contribution is 2.31. The number of carboxylic acid groups (broad SMARTS) is 1. The Morgan fingerprint density at radius 1 is 1.45 bits per heavy atom. The van der Waals surface area contributed by atoms with E-state index in [1.165, 1.54) is 0 Å². The number of esters is 1. The highest BCUT2D eigenvalue weighted by atomic mass is 16.5. The normalized spacial score (nSPS) is 20.1. The van der Waals surface area contributed by atoms with Gasteiger partial charge in [-0.05, 0) is 18.2 Å². The van der Waals surface area contributed by atoms with Gasteiger partial charge in [-0.2, -0.15) is 0 Å². The number of ether oxygens (including phenoxy) is 2. The minimum Gasteiger partial charge on any atom is -0.483 e. The van der Waals surface area contributed by atoms with E-state index >= 15 is 0 Å². The molecule has 2 aromatic rings. The number of nitrogens with zero attached hydrogens (tertiary/aromatic N) is 3. The lowest BCUT2D eigenvalue weighted by atomic mass is 10.0. The Morgan fingerprint density at radius 2 is 2.21 bits per heavy atom. The number of cyclic esters (lactones) is 1. The number of benzene rings is 1. The third-order valence-corrected chi connectivity index (χ3v) is 5.19. The van der Waals surface area contributed by atoms with Crippen LogP contribution in [0.5, 0.6) is 0 Å². The molecule has 10 heteroatoms. The summed E-state index contributed by atoms with van der Waals surface area (Å²) in [5.41, 5.74) is 2.30. The first-order valence-corrected chi connectivity index (χ1v) is 9.23. The predicted octanol–water partition coefficient (Wildman–Crippen LogP) is 0.577. The molecule has 2 fully saturated rings. The summed E-state index contributed by atoms with van der Waals surface area (Å²) in [7, 11) is 3.58. The summed E-state index contributed by atoms with van der Waals surface area (Å²) in [5, 5.41) is 10.1. The maximum atomic E-state index is 12.8. The molecule has 0 spiro atoms. The Morgan fingerprint density at radius 3 is 2.90 bits per heavy atom. The maximum absolute atomic E-state index is 12.8. The van der Waals surface area contributed by atoms with Gasteiger partial charge < -0.3 is 29.4 Å². The van der Waals surface area contributed by atoms with Gasteiger partial charge in [-0.1, -0.05) is 0 Å². The van der Waals surface area contributed by atoms with E-state index in [0.717, 1.165) is 17.0 Å². The Hall–Kier alpha value is -3.14. The van der Waals surface area contributed by atoms with Crippen LogP contribution >= 0.6 is 0 Å². The number of rotatable bonds is 5. The second kappa shape index (κ2) is 8.91. The Labute approximate surface area is 167 Å². The SMILES string of the molecule is COCCNc1nc2cc(C(=O)N3C[C@@H]4COC(=O)[C@@H]4C3)ccc2n1C.O=CO. The lowest BCUT2D eigenvalue weighted by Gasteiger charge is -2.17. The van der Waals surface area contributed by atoms with E-state index < -0.39 is 0 Å². The van der Waals surface area contributed by atoms with Crippen LogP contribution in [0.4, 0.5) is 5.95 Å². The minimum absolute atomic E-state index is 0.0614. The first-order valence-electron chi connectivity index (χ1n) is 9.23. The molecule has 3 heterocycles. The molecule has 0 unspecified atom stereocenters. The molecule has 2 N–H and O–H groups in total. The molecule has 1 aromatic heterocycles. The number of amides is 1. The van der Waals surface area contributed by atoms with Crippen LogP contribution in [0.25, 0.3) is 11.0 Å². The second-order valence-corrected chi connectivity index (χ2v) is 6.93. The number of methoxy groups -OCH3 is 1. The first kappa shape index (κ1) is 20.6. The molecule has 0 saturated carbocycles. The van der Waals surface area contributed by atoms with Crippen molar-refractivity contribution in [2.75, 3.05) is 45.3 Å². The van der Waals surface area contributed by atoms with E-state index in [9.17, 15) is 9.59 Å². The van der Waals surface area contributed by atoms with Gasteiger partial charge in [-0.3, -0.25) is 14.4 Å². The minimum atomic E-state index is -0.250. The number of imidazole rings is 1. The van der Waals surface area contributed by atoms with Crippen molar-refractivity contribution in [1.82, 2.24) is 14.5 Å². The van der Waals surface area contributed by atoms with Crippen molar-refractivity contribution in [2.45, 2.75) is 0 Å². The standard InChI is InChI=1S/C18H22N4O4.CH2O2/c1-21-15-4-3-11(7-14(15)20-18(21)19-5-6-25-2)16(23)22-8-12-10-26-17(24)13(12)9-22;2-1-3/h3-4,7,12-13H,5-6,8-10H2,1-2H3,(H,19,20);1H,(H,2,3)/t12-,13-;/m1./s1. The molecule has 0 aliphatic carbocycles. The predicted molar refractivity (Wildman–Crippen MR) is 104 cm³/mol. The van der Waals surface area contributed by atoms with Crippen LogP contribution in [0, 0.1) is 11.8 Å². The number of aryl methyl sites for hydroxylation is 1. The molecule has 2 aliphatic rings.